The Morgan fingerprint density at radius 2 is 1.91 bits per heavy atom. The lowest BCUT2D eigenvalue weighted by molar-refractivity contribution is -0.145. The molecule has 0 saturated carbocycles. The molecular weight excluding hydrogens is 276 g/mol. The van der Waals surface area contributed by atoms with Crippen LogP contribution in [0.25, 0.3) is 5.69 Å². The third-order valence-corrected chi connectivity index (χ3v) is 3.57. The van der Waals surface area contributed by atoms with Gasteiger partial charge in [-0.05, 0) is 44.0 Å². The molecule has 0 saturated heterocycles. The van der Waals surface area contributed by atoms with Crippen molar-refractivity contribution in [1.29, 1.82) is 0 Å². The Labute approximate surface area is 132 Å². The van der Waals surface area contributed by atoms with Gasteiger partial charge >= 0.3 is 5.97 Å². The van der Waals surface area contributed by atoms with Crippen LogP contribution in [-0.4, -0.2) is 15.7 Å². The quantitative estimate of drug-likeness (QED) is 0.571. The van der Waals surface area contributed by atoms with E-state index >= 15 is 0 Å². The molecule has 0 aliphatic heterocycles. The molecule has 118 valence electrons. The van der Waals surface area contributed by atoms with Crippen molar-refractivity contribution in [1.82, 2.24) is 9.78 Å². The molecule has 1 aromatic carbocycles. The summed E-state index contributed by atoms with van der Waals surface area (Å²) >= 11 is 0. The van der Waals surface area contributed by atoms with Crippen LogP contribution in [0.15, 0.2) is 30.3 Å². The summed E-state index contributed by atoms with van der Waals surface area (Å²) in [7, 11) is 0. The van der Waals surface area contributed by atoms with Crippen LogP contribution in [-0.2, 0) is 16.1 Å². The molecule has 1 aromatic heterocycles. The molecular formula is C18H24N2O2. The summed E-state index contributed by atoms with van der Waals surface area (Å²) in [4.78, 5) is 11.6. The molecule has 0 aliphatic rings. The molecule has 0 amide bonds. The number of carbonyl (C=O) groups excluding carboxylic acids is 1. The van der Waals surface area contributed by atoms with E-state index < -0.39 is 0 Å². The first-order chi connectivity index (χ1) is 10.6. The largest absolute Gasteiger partial charge is 0.461 e. The summed E-state index contributed by atoms with van der Waals surface area (Å²) in [5.41, 5.74) is 4.12. The van der Waals surface area contributed by atoms with Gasteiger partial charge in [0.05, 0.1) is 11.4 Å². The molecule has 0 aliphatic carbocycles. The van der Waals surface area contributed by atoms with Gasteiger partial charge in [0.15, 0.2) is 0 Å². The van der Waals surface area contributed by atoms with Crippen LogP contribution < -0.4 is 0 Å². The highest BCUT2D eigenvalue weighted by molar-refractivity contribution is 5.69. The normalized spacial score (nSPS) is 10.7. The molecule has 0 unspecified atom stereocenters. The molecule has 0 radical (unpaired) electrons. The molecule has 0 spiro atoms. The number of hydrogen-bond acceptors (Lipinski definition) is 3. The Morgan fingerprint density at radius 3 is 2.50 bits per heavy atom. The van der Waals surface area contributed by atoms with Gasteiger partial charge in [-0.25, -0.2) is 4.68 Å². The Bertz CT molecular complexity index is 615. The topological polar surface area (TPSA) is 44.1 Å². The lowest BCUT2D eigenvalue weighted by atomic mass is 10.2. The second-order valence-corrected chi connectivity index (χ2v) is 5.62. The van der Waals surface area contributed by atoms with Gasteiger partial charge in [-0.15, -0.1) is 0 Å². The van der Waals surface area contributed by atoms with E-state index in [0.717, 1.165) is 41.9 Å². The molecule has 2 aromatic rings. The number of aromatic nitrogens is 2. The molecule has 4 nitrogen and oxygen atoms in total. The van der Waals surface area contributed by atoms with Crippen LogP contribution in [0.5, 0.6) is 0 Å². The van der Waals surface area contributed by atoms with E-state index in [2.05, 4.69) is 12.0 Å². The summed E-state index contributed by atoms with van der Waals surface area (Å²) in [6.07, 6.45) is 3.61. The minimum absolute atomic E-state index is 0.115. The predicted octanol–water partition coefficient (Wildman–Crippen LogP) is 4.11. The van der Waals surface area contributed by atoms with Gasteiger partial charge in [0.1, 0.15) is 6.61 Å². The second kappa shape index (κ2) is 7.78. The van der Waals surface area contributed by atoms with Crippen molar-refractivity contribution in [2.24, 2.45) is 0 Å². The average molecular weight is 300 g/mol. The second-order valence-electron chi connectivity index (χ2n) is 5.62. The summed E-state index contributed by atoms with van der Waals surface area (Å²) in [6, 6.07) is 10.0. The van der Waals surface area contributed by atoms with Gasteiger partial charge in [-0.3, -0.25) is 4.79 Å². The van der Waals surface area contributed by atoms with Gasteiger partial charge in [-0.2, -0.15) is 5.10 Å². The summed E-state index contributed by atoms with van der Waals surface area (Å²) < 4.78 is 7.20. The first kappa shape index (κ1) is 16.3. The number of carbonyl (C=O) groups is 1. The molecule has 0 bridgehead atoms. The Morgan fingerprint density at radius 1 is 1.18 bits per heavy atom. The van der Waals surface area contributed by atoms with Crippen molar-refractivity contribution in [3.05, 3.63) is 47.3 Å². The van der Waals surface area contributed by atoms with Gasteiger partial charge in [-0.1, -0.05) is 31.9 Å². The zero-order valence-electron chi connectivity index (χ0n) is 13.6. The first-order valence-electron chi connectivity index (χ1n) is 7.88. The highest BCUT2D eigenvalue weighted by Gasteiger charge is 2.05. The minimum atomic E-state index is -0.115. The van der Waals surface area contributed by atoms with Crippen molar-refractivity contribution >= 4 is 5.97 Å². The zero-order chi connectivity index (χ0) is 15.9. The minimum Gasteiger partial charge on any atom is -0.461 e. The SMILES string of the molecule is CCCCCC(=O)OCc1ccc(-n2nc(C)cc2C)cc1. The lowest BCUT2D eigenvalue weighted by Gasteiger charge is -2.07. The highest BCUT2D eigenvalue weighted by atomic mass is 16.5. The predicted molar refractivity (Wildman–Crippen MR) is 87.0 cm³/mol. The van der Waals surface area contributed by atoms with Crippen LogP contribution >= 0.6 is 0 Å². The number of unbranched alkanes of at least 4 members (excludes halogenated alkanes) is 2. The summed E-state index contributed by atoms with van der Waals surface area (Å²) in [5, 5.41) is 4.46. The third-order valence-electron chi connectivity index (χ3n) is 3.57. The average Bonchev–Trinajstić information content (AvgIpc) is 2.85. The molecule has 2 rings (SSSR count). The van der Waals surface area contributed by atoms with E-state index in [1.54, 1.807) is 0 Å². The monoisotopic (exact) mass is 300 g/mol. The first-order valence-corrected chi connectivity index (χ1v) is 7.88. The van der Waals surface area contributed by atoms with E-state index in [4.69, 9.17) is 4.74 Å². The van der Waals surface area contributed by atoms with E-state index in [1.807, 2.05) is 48.9 Å². The highest BCUT2D eigenvalue weighted by Crippen LogP contribution is 2.14. The van der Waals surface area contributed by atoms with Gasteiger partial charge in [0.2, 0.25) is 0 Å². The molecule has 1 heterocycles. The lowest BCUT2D eigenvalue weighted by Crippen LogP contribution is -2.04. The number of benzene rings is 1. The Hall–Kier alpha value is -2.10. The fraction of sp³-hybridized carbons (Fsp3) is 0.444. The van der Waals surface area contributed by atoms with Crippen molar-refractivity contribution < 1.29 is 9.53 Å². The Kier molecular flexibility index (Phi) is 5.75. The van der Waals surface area contributed by atoms with E-state index in [9.17, 15) is 4.79 Å². The number of aryl methyl sites for hydroxylation is 2. The molecule has 22 heavy (non-hydrogen) atoms. The Balaban J connectivity index is 1.89. The van der Waals surface area contributed by atoms with Gasteiger partial charge < -0.3 is 4.74 Å². The van der Waals surface area contributed by atoms with Crippen LogP contribution in [0.3, 0.4) is 0 Å². The zero-order valence-corrected chi connectivity index (χ0v) is 13.6. The summed E-state index contributed by atoms with van der Waals surface area (Å²) in [6.45, 7) is 6.47. The van der Waals surface area contributed by atoms with Crippen molar-refractivity contribution in [3.63, 3.8) is 0 Å². The molecule has 0 N–H and O–H groups in total. The standard InChI is InChI=1S/C18H24N2O2/c1-4-5-6-7-18(21)22-13-16-8-10-17(11-9-16)20-15(3)12-14(2)19-20/h8-12H,4-7,13H2,1-3H3. The molecule has 0 atom stereocenters. The van der Waals surface area contributed by atoms with E-state index in [-0.39, 0.29) is 5.97 Å². The summed E-state index contributed by atoms with van der Waals surface area (Å²) in [5.74, 6) is -0.115. The van der Waals surface area contributed by atoms with Crippen molar-refractivity contribution in [2.75, 3.05) is 0 Å². The van der Waals surface area contributed by atoms with Gasteiger partial charge in [0, 0.05) is 12.1 Å². The van der Waals surface area contributed by atoms with Gasteiger partial charge in [0.25, 0.3) is 0 Å². The number of rotatable bonds is 7. The maximum atomic E-state index is 11.6. The number of esters is 1. The number of ether oxygens (including phenoxy) is 1. The molecule has 4 heteroatoms. The maximum absolute atomic E-state index is 11.6. The maximum Gasteiger partial charge on any atom is 0.306 e. The van der Waals surface area contributed by atoms with Crippen LogP contribution in [0.1, 0.15) is 49.6 Å². The van der Waals surface area contributed by atoms with E-state index in [0.29, 0.717) is 13.0 Å². The van der Waals surface area contributed by atoms with Crippen molar-refractivity contribution in [2.45, 2.75) is 53.1 Å². The fourth-order valence-corrected chi connectivity index (χ4v) is 2.38. The van der Waals surface area contributed by atoms with E-state index in [1.165, 1.54) is 0 Å². The van der Waals surface area contributed by atoms with Crippen LogP contribution in [0, 0.1) is 13.8 Å². The van der Waals surface area contributed by atoms with Crippen LogP contribution in [0.2, 0.25) is 0 Å². The smallest absolute Gasteiger partial charge is 0.306 e. The third kappa shape index (κ3) is 4.45. The number of hydrogen-bond donors (Lipinski definition) is 0. The molecule has 0 fully saturated rings. The number of nitrogens with zero attached hydrogens (tertiary/aromatic N) is 2. The van der Waals surface area contributed by atoms with Crippen LogP contribution in [0.4, 0.5) is 0 Å². The van der Waals surface area contributed by atoms with Crippen molar-refractivity contribution in [3.8, 4) is 5.69 Å². The fourth-order valence-electron chi connectivity index (χ4n) is 2.38.